The molecule has 1 atom stereocenters. The smallest absolute Gasteiger partial charge is 0.275 e. The van der Waals surface area contributed by atoms with Gasteiger partial charge in [-0.25, -0.2) is 0 Å². The minimum absolute atomic E-state index is 0.0501. The summed E-state index contributed by atoms with van der Waals surface area (Å²) in [6.45, 7) is 0. The maximum atomic E-state index is 14.5. The van der Waals surface area contributed by atoms with Crippen molar-refractivity contribution in [1.82, 2.24) is 9.88 Å². The van der Waals surface area contributed by atoms with Crippen molar-refractivity contribution >= 4 is 45.1 Å². The fourth-order valence-electron chi connectivity index (χ4n) is 5.96. The van der Waals surface area contributed by atoms with Crippen LogP contribution in [-0.4, -0.2) is 36.1 Å². The predicted octanol–water partition coefficient (Wildman–Crippen LogP) is 7.52. The summed E-state index contributed by atoms with van der Waals surface area (Å²) in [7, 11) is 3.31. The van der Waals surface area contributed by atoms with Crippen molar-refractivity contribution in [2.45, 2.75) is 37.6 Å². The SMILES string of the molecule is COc1ccc(C2C(I)=C(c3ccccc3)N(C3CCCC3)C(=O)c3[nH]c4ccccc4c32)cc1OC. The first-order chi connectivity index (χ1) is 18.1. The Bertz CT molecular complexity index is 1500. The number of benzene rings is 3. The highest BCUT2D eigenvalue weighted by molar-refractivity contribution is 14.1. The van der Waals surface area contributed by atoms with Gasteiger partial charge in [-0.1, -0.05) is 67.4 Å². The van der Waals surface area contributed by atoms with Gasteiger partial charge in [-0.05, 0) is 64.8 Å². The lowest BCUT2D eigenvalue weighted by Crippen LogP contribution is -2.37. The number of hydrogen-bond donors (Lipinski definition) is 1. The number of ether oxygens (including phenoxy) is 2. The third-order valence-corrected chi connectivity index (χ3v) is 8.80. The largest absolute Gasteiger partial charge is 0.493 e. The first-order valence-electron chi connectivity index (χ1n) is 12.7. The number of carbonyl (C=O) groups excluding carboxylic acids is 1. The number of nitrogens with one attached hydrogen (secondary N) is 1. The second-order valence-corrected chi connectivity index (χ2v) is 10.8. The molecule has 0 bridgehead atoms. The van der Waals surface area contributed by atoms with Crippen LogP contribution in [-0.2, 0) is 0 Å². The molecule has 1 aliphatic heterocycles. The van der Waals surface area contributed by atoms with Crippen molar-refractivity contribution in [3.05, 3.63) is 98.8 Å². The van der Waals surface area contributed by atoms with E-state index in [1.807, 2.05) is 30.3 Å². The topological polar surface area (TPSA) is 54.6 Å². The van der Waals surface area contributed by atoms with Crippen LogP contribution in [0.2, 0.25) is 0 Å². The number of rotatable bonds is 5. The second kappa shape index (κ2) is 9.89. The van der Waals surface area contributed by atoms with Crippen LogP contribution in [0.5, 0.6) is 11.5 Å². The van der Waals surface area contributed by atoms with Gasteiger partial charge in [0.1, 0.15) is 5.69 Å². The normalized spacial score (nSPS) is 18.3. The monoisotopic (exact) mass is 604 g/mol. The Labute approximate surface area is 230 Å². The number of H-pyrrole nitrogens is 1. The number of methoxy groups -OCH3 is 2. The number of halogens is 1. The van der Waals surface area contributed by atoms with E-state index in [0.29, 0.717) is 17.2 Å². The molecule has 1 fully saturated rings. The van der Waals surface area contributed by atoms with Crippen LogP contribution in [0.15, 0.2) is 76.4 Å². The number of aromatic amines is 1. The lowest BCUT2D eigenvalue weighted by atomic mass is 9.88. The molecule has 0 radical (unpaired) electrons. The van der Waals surface area contributed by atoms with Crippen LogP contribution in [0.3, 0.4) is 0 Å². The van der Waals surface area contributed by atoms with Crippen molar-refractivity contribution in [3.8, 4) is 11.5 Å². The summed E-state index contributed by atoms with van der Waals surface area (Å²) in [4.78, 5) is 20.2. The van der Waals surface area contributed by atoms with Crippen LogP contribution in [0.1, 0.15) is 58.8 Å². The zero-order valence-electron chi connectivity index (χ0n) is 21.0. The third-order valence-electron chi connectivity index (χ3n) is 7.67. The highest BCUT2D eigenvalue weighted by Crippen LogP contribution is 2.50. The number of fused-ring (bicyclic) bond motifs is 3. The van der Waals surface area contributed by atoms with Gasteiger partial charge >= 0.3 is 0 Å². The van der Waals surface area contributed by atoms with E-state index in [1.54, 1.807) is 14.2 Å². The highest BCUT2D eigenvalue weighted by Gasteiger charge is 2.41. The van der Waals surface area contributed by atoms with Gasteiger partial charge < -0.3 is 19.4 Å². The molecule has 3 aromatic carbocycles. The Morgan fingerprint density at radius 2 is 1.59 bits per heavy atom. The fraction of sp³-hybridized carbons (Fsp3) is 0.258. The summed E-state index contributed by atoms with van der Waals surface area (Å²) >= 11 is 2.49. The quantitative estimate of drug-likeness (QED) is 0.240. The minimum atomic E-state index is -0.155. The Morgan fingerprint density at radius 3 is 2.32 bits per heavy atom. The van der Waals surface area contributed by atoms with Crippen LogP contribution < -0.4 is 9.47 Å². The number of nitrogens with zero attached hydrogens (tertiary/aromatic N) is 1. The van der Waals surface area contributed by atoms with Crippen molar-refractivity contribution in [2.24, 2.45) is 0 Å². The number of allylic oxidation sites excluding steroid dienone is 1. The van der Waals surface area contributed by atoms with E-state index in [9.17, 15) is 4.79 Å². The predicted molar refractivity (Wildman–Crippen MR) is 155 cm³/mol. The van der Waals surface area contributed by atoms with Gasteiger partial charge in [-0.15, -0.1) is 0 Å². The van der Waals surface area contributed by atoms with Crippen LogP contribution in [0.25, 0.3) is 16.6 Å². The molecule has 2 heterocycles. The Hall–Kier alpha value is -3.26. The number of aromatic nitrogens is 1. The molecule has 2 aliphatic rings. The molecule has 5 nitrogen and oxygen atoms in total. The summed E-state index contributed by atoms with van der Waals surface area (Å²) in [6.07, 6.45) is 4.32. The summed E-state index contributed by atoms with van der Waals surface area (Å²) < 4.78 is 12.4. The molecule has 1 aromatic heterocycles. The standard InChI is InChI=1S/C31H29IN2O3/c1-36-24-17-16-20(18-25(24)37-2)26-27-22-14-8-9-15-23(22)33-29(27)31(35)34(21-12-6-7-13-21)30(28(26)32)19-10-4-3-5-11-19/h3-5,8-11,14-18,21,26,33H,6-7,12-13H2,1-2H3. The zero-order valence-corrected chi connectivity index (χ0v) is 23.1. The van der Waals surface area contributed by atoms with Gasteiger partial charge in [0.25, 0.3) is 5.91 Å². The average Bonchev–Trinajstić information content (AvgIpc) is 3.59. The molecule has 4 aromatic rings. The molecule has 37 heavy (non-hydrogen) atoms. The summed E-state index contributed by atoms with van der Waals surface area (Å²) in [5.74, 6) is 1.26. The minimum Gasteiger partial charge on any atom is -0.493 e. The van der Waals surface area contributed by atoms with Gasteiger partial charge in [0.15, 0.2) is 11.5 Å². The molecular formula is C31H29IN2O3. The zero-order chi connectivity index (χ0) is 25.5. The molecule has 1 N–H and O–H groups in total. The summed E-state index contributed by atoms with van der Waals surface area (Å²) in [6, 6.07) is 24.9. The number of para-hydroxylation sites is 1. The summed E-state index contributed by atoms with van der Waals surface area (Å²) in [5, 5.41) is 1.07. The van der Waals surface area contributed by atoms with Gasteiger partial charge in [0, 0.05) is 32.0 Å². The van der Waals surface area contributed by atoms with E-state index in [-0.39, 0.29) is 17.9 Å². The highest BCUT2D eigenvalue weighted by atomic mass is 127. The van der Waals surface area contributed by atoms with Gasteiger partial charge in [-0.2, -0.15) is 0 Å². The number of hydrogen-bond acceptors (Lipinski definition) is 3. The van der Waals surface area contributed by atoms with Crippen molar-refractivity contribution in [2.75, 3.05) is 14.2 Å². The van der Waals surface area contributed by atoms with Crippen LogP contribution in [0.4, 0.5) is 0 Å². The molecule has 6 rings (SSSR count). The van der Waals surface area contributed by atoms with E-state index in [4.69, 9.17) is 9.47 Å². The molecule has 1 amide bonds. The van der Waals surface area contributed by atoms with Crippen molar-refractivity contribution in [3.63, 3.8) is 0 Å². The Morgan fingerprint density at radius 1 is 0.892 bits per heavy atom. The molecular weight excluding hydrogens is 575 g/mol. The van der Waals surface area contributed by atoms with E-state index in [1.165, 1.54) is 0 Å². The third kappa shape index (κ3) is 4.02. The molecule has 0 saturated heterocycles. The number of carbonyl (C=O) groups is 1. The van der Waals surface area contributed by atoms with Crippen molar-refractivity contribution < 1.29 is 14.3 Å². The summed E-state index contributed by atoms with van der Waals surface area (Å²) in [5.41, 5.74) is 5.80. The van der Waals surface area contributed by atoms with E-state index >= 15 is 0 Å². The lowest BCUT2D eigenvalue weighted by Gasteiger charge is -2.32. The van der Waals surface area contributed by atoms with E-state index in [2.05, 4.69) is 74.9 Å². The molecule has 188 valence electrons. The van der Waals surface area contributed by atoms with E-state index < -0.39 is 0 Å². The molecule has 6 heteroatoms. The van der Waals surface area contributed by atoms with E-state index in [0.717, 1.165) is 62.6 Å². The van der Waals surface area contributed by atoms with Crippen LogP contribution >= 0.6 is 22.6 Å². The average molecular weight is 604 g/mol. The van der Waals surface area contributed by atoms with Gasteiger partial charge in [-0.3, -0.25) is 4.79 Å². The first kappa shape index (κ1) is 24.1. The lowest BCUT2D eigenvalue weighted by molar-refractivity contribution is 0.0784. The van der Waals surface area contributed by atoms with Crippen LogP contribution in [0, 0.1) is 0 Å². The fourth-order valence-corrected chi connectivity index (χ4v) is 7.20. The molecule has 1 saturated carbocycles. The molecule has 0 spiro atoms. The second-order valence-electron chi connectivity index (χ2n) is 9.68. The van der Waals surface area contributed by atoms with Crippen molar-refractivity contribution in [1.29, 1.82) is 0 Å². The number of amides is 1. The van der Waals surface area contributed by atoms with Gasteiger partial charge in [0.2, 0.25) is 0 Å². The first-order valence-corrected chi connectivity index (χ1v) is 13.8. The maximum absolute atomic E-state index is 14.5. The molecule has 1 unspecified atom stereocenters. The molecule has 1 aliphatic carbocycles. The van der Waals surface area contributed by atoms with Gasteiger partial charge in [0.05, 0.1) is 19.9 Å². The maximum Gasteiger partial charge on any atom is 0.275 e. The Kier molecular flexibility index (Phi) is 6.44. The Balaban J connectivity index is 1.69.